The van der Waals surface area contributed by atoms with Crippen LogP contribution < -0.4 is 4.90 Å². The van der Waals surface area contributed by atoms with Gasteiger partial charge in [0.15, 0.2) is 0 Å². The zero-order chi connectivity index (χ0) is 18.7. The number of rotatable bonds is 2. The molecule has 0 aliphatic rings. The minimum Gasteiger partial charge on any atom is -0.478 e. The van der Waals surface area contributed by atoms with E-state index in [0.29, 0.717) is 0 Å². The van der Waals surface area contributed by atoms with Gasteiger partial charge >= 0.3 is 18.2 Å². The Bertz CT molecular complexity index is 594. The number of hydrogen-bond acceptors (Lipinski definition) is 5. The van der Waals surface area contributed by atoms with E-state index in [1.54, 1.807) is 41.5 Å². The average Bonchev–Trinajstić information content (AvgIpc) is 2.34. The predicted octanol–water partition coefficient (Wildman–Crippen LogP) is 4.06. The molecule has 0 radical (unpaired) electrons. The number of aromatic carboxylic acids is 1. The fraction of sp³-hybridized carbons (Fsp3) is 0.471. The minimum atomic E-state index is -1.11. The van der Waals surface area contributed by atoms with Crippen molar-refractivity contribution in [2.24, 2.45) is 0 Å². The van der Waals surface area contributed by atoms with Crippen LogP contribution in [0.2, 0.25) is 0 Å². The zero-order valence-corrected chi connectivity index (χ0v) is 14.7. The van der Waals surface area contributed by atoms with Crippen LogP contribution in [0.5, 0.6) is 0 Å². The lowest BCUT2D eigenvalue weighted by molar-refractivity contribution is 0.0430. The van der Waals surface area contributed by atoms with Crippen molar-refractivity contribution < 1.29 is 29.0 Å². The highest BCUT2D eigenvalue weighted by Crippen LogP contribution is 2.22. The van der Waals surface area contributed by atoms with E-state index in [4.69, 9.17) is 14.6 Å². The van der Waals surface area contributed by atoms with E-state index in [1.807, 2.05) is 0 Å². The average molecular weight is 337 g/mol. The van der Waals surface area contributed by atoms with Gasteiger partial charge in [0.05, 0.1) is 11.3 Å². The van der Waals surface area contributed by atoms with Gasteiger partial charge in [0.1, 0.15) is 11.2 Å². The van der Waals surface area contributed by atoms with E-state index in [2.05, 4.69) is 0 Å². The lowest BCUT2D eigenvalue weighted by Gasteiger charge is -2.28. The number of amides is 2. The molecule has 0 saturated heterocycles. The molecule has 0 fully saturated rings. The van der Waals surface area contributed by atoms with Gasteiger partial charge in [-0.3, -0.25) is 0 Å². The minimum absolute atomic E-state index is 0.0343. The molecule has 0 unspecified atom stereocenters. The third-order valence-corrected chi connectivity index (χ3v) is 2.52. The number of carbonyl (C=O) groups is 3. The number of imide groups is 1. The first kappa shape index (κ1) is 19.5. The van der Waals surface area contributed by atoms with Crippen LogP contribution in [0.4, 0.5) is 15.3 Å². The number of carbonyl (C=O) groups excluding carboxylic acids is 2. The molecular formula is C17H23NO6. The van der Waals surface area contributed by atoms with Crippen LogP contribution in [0, 0.1) is 0 Å². The van der Waals surface area contributed by atoms with E-state index in [-0.39, 0.29) is 11.3 Å². The Balaban J connectivity index is 3.19. The maximum absolute atomic E-state index is 12.4. The van der Waals surface area contributed by atoms with Gasteiger partial charge in [0, 0.05) is 0 Å². The van der Waals surface area contributed by atoms with Crippen LogP contribution >= 0.6 is 0 Å². The highest BCUT2D eigenvalue weighted by molar-refractivity contribution is 6.09. The highest BCUT2D eigenvalue weighted by Gasteiger charge is 2.32. The van der Waals surface area contributed by atoms with Crippen molar-refractivity contribution in [3.05, 3.63) is 29.8 Å². The Kier molecular flexibility index (Phi) is 5.60. The molecule has 132 valence electrons. The molecule has 0 aromatic heterocycles. The molecule has 7 nitrogen and oxygen atoms in total. The van der Waals surface area contributed by atoms with Gasteiger partial charge in [0.25, 0.3) is 0 Å². The number of benzene rings is 1. The molecule has 0 saturated carbocycles. The molecule has 1 N–H and O–H groups in total. The number of ether oxygens (including phenoxy) is 2. The summed E-state index contributed by atoms with van der Waals surface area (Å²) in [6, 6.07) is 5.27. The van der Waals surface area contributed by atoms with Gasteiger partial charge in [0.2, 0.25) is 0 Å². The Labute approximate surface area is 141 Å². The third kappa shape index (κ3) is 5.91. The second kappa shape index (κ2) is 6.90. The summed E-state index contributed by atoms with van der Waals surface area (Å²) in [7, 11) is 0. The number of nitrogens with zero attached hydrogens (tertiary/aromatic N) is 1. The molecule has 0 heterocycles. The van der Waals surface area contributed by atoms with E-state index in [1.165, 1.54) is 24.3 Å². The number of carboxylic acids is 1. The number of anilines is 1. The summed E-state index contributed by atoms with van der Waals surface area (Å²) in [6.45, 7) is 10.0. The highest BCUT2D eigenvalue weighted by atomic mass is 16.6. The molecule has 2 amide bonds. The fourth-order valence-corrected chi connectivity index (χ4v) is 1.65. The van der Waals surface area contributed by atoms with Gasteiger partial charge in [-0.15, -0.1) is 0 Å². The molecule has 24 heavy (non-hydrogen) atoms. The van der Waals surface area contributed by atoms with Crippen molar-refractivity contribution >= 4 is 23.8 Å². The Morgan fingerprint density at radius 2 is 1.21 bits per heavy atom. The largest absolute Gasteiger partial charge is 0.478 e. The second-order valence-corrected chi connectivity index (χ2v) is 7.15. The first-order valence-corrected chi connectivity index (χ1v) is 7.39. The molecule has 0 aliphatic carbocycles. The van der Waals surface area contributed by atoms with Gasteiger partial charge < -0.3 is 14.6 Å². The summed E-state index contributed by atoms with van der Waals surface area (Å²) >= 11 is 0. The molecule has 0 spiro atoms. The van der Waals surface area contributed by atoms with Crippen molar-refractivity contribution in [2.45, 2.75) is 52.7 Å². The first-order chi connectivity index (χ1) is 10.8. The van der Waals surface area contributed by atoms with Crippen molar-refractivity contribution in [2.75, 3.05) is 4.90 Å². The van der Waals surface area contributed by atoms with Crippen LogP contribution in [0.1, 0.15) is 51.9 Å². The Morgan fingerprint density at radius 3 is 1.50 bits per heavy atom. The molecule has 0 aliphatic heterocycles. The molecule has 1 aromatic carbocycles. The van der Waals surface area contributed by atoms with E-state index >= 15 is 0 Å². The molecule has 0 bridgehead atoms. The number of hydrogen-bond donors (Lipinski definition) is 1. The maximum Gasteiger partial charge on any atom is 0.424 e. The second-order valence-electron chi connectivity index (χ2n) is 7.15. The molecule has 1 rings (SSSR count). The van der Waals surface area contributed by atoms with Crippen molar-refractivity contribution in [1.29, 1.82) is 0 Å². The van der Waals surface area contributed by atoms with Crippen LogP contribution in [-0.2, 0) is 9.47 Å². The topological polar surface area (TPSA) is 93.1 Å². The zero-order valence-electron chi connectivity index (χ0n) is 14.7. The van der Waals surface area contributed by atoms with Crippen molar-refractivity contribution in [1.82, 2.24) is 0 Å². The summed E-state index contributed by atoms with van der Waals surface area (Å²) in [5.41, 5.74) is -1.42. The SMILES string of the molecule is CC(C)(C)OC(=O)N(C(=O)OC(C)(C)C)c1ccc(C(=O)O)cc1. The quantitative estimate of drug-likeness (QED) is 0.874. The van der Waals surface area contributed by atoms with Gasteiger partial charge in [-0.25, -0.2) is 14.4 Å². The van der Waals surface area contributed by atoms with Gasteiger partial charge in [-0.05, 0) is 65.8 Å². The van der Waals surface area contributed by atoms with Crippen molar-refractivity contribution in [3.8, 4) is 0 Å². The van der Waals surface area contributed by atoms with Crippen LogP contribution in [-0.4, -0.2) is 34.5 Å². The van der Waals surface area contributed by atoms with E-state index in [0.717, 1.165) is 4.90 Å². The molecule has 0 atom stereocenters. The Morgan fingerprint density at radius 1 is 0.833 bits per heavy atom. The lowest BCUT2D eigenvalue weighted by Crippen LogP contribution is -2.43. The first-order valence-electron chi connectivity index (χ1n) is 7.39. The third-order valence-electron chi connectivity index (χ3n) is 2.52. The van der Waals surface area contributed by atoms with E-state index in [9.17, 15) is 14.4 Å². The fourth-order valence-electron chi connectivity index (χ4n) is 1.65. The lowest BCUT2D eigenvalue weighted by atomic mass is 10.2. The summed E-state index contributed by atoms with van der Waals surface area (Å²) in [6.07, 6.45) is -1.81. The van der Waals surface area contributed by atoms with E-state index < -0.39 is 29.4 Å². The monoisotopic (exact) mass is 337 g/mol. The van der Waals surface area contributed by atoms with Gasteiger partial charge in [-0.1, -0.05) is 0 Å². The molecular weight excluding hydrogens is 314 g/mol. The molecule has 7 heteroatoms. The normalized spacial score (nSPS) is 11.6. The number of carboxylic acid groups (broad SMARTS) is 1. The summed E-state index contributed by atoms with van der Waals surface area (Å²) < 4.78 is 10.5. The summed E-state index contributed by atoms with van der Waals surface area (Å²) in [4.78, 5) is 36.5. The van der Waals surface area contributed by atoms with Crippen LogP contribution in [0.3, 0.4) is 0 Å². The predicted molar refractivity (Wildman–Crippen MR) is 88.3 cm³/mol. The van der Waals surface area contributed by atoms with Crippen molar-refractivity contribution in [3.63, 3.8) is 0 Å². The smallest absolute Gasteiger partial charge is 0.424 e. The molecule has 1 aromatic rings. The summed E-state index contributed by atoms with van der Waals surface area (Å²) in [5, 5.41) is 8.94. The van der Waals surface area contributed by atoms with Gasteiger partial charge in [-0.2, -0.15) is 4.90 Å². The maximum atomic E-state index is 12.4. The standard InChI is InChI=1S/C17H23NO6/c1-16(2,3)23-14(21)18(15(22)24-17(4,5)6)12-9-7-11(8-10-12)13(19)20/h7-10H,1-6H3,(H,19,20). The van der Waals surface area contributed by atoms with Crippen LogP contribution in [0.25, 0.3) is 0 Å². The summed E-state index contributed by atoms with van der Waals surface area (Å²) in [5.74, 6) is -1.11. The van der Waals surface area contributed by atoms with Crippen LogP contribution in [0.15, 0.2) is 24.3 Å². The Hall–Kier alpha value is -2.57.